The summed E-state index contributed by atoms with van der Waals surface area (Å²) in [6.45, 7) is 14.9. The highest BCUT2D eigenvalue weighted by atomic mass is 19.1. The van der Waals surface area contributed by atoms with E-state index < -0.39 is 11.9 Å². The lowest BCUT2D eigenvalue weighted by atomic mass is 9.94. The molecule has 370 valence electrons. The van der Waals surface area contributed by atoms with Gasteiger partial charge >= 0.3 is 6.01 Å². The largest absolute Gasteiger partial charge is 0.508 e. The highest BCUT2D eigenvalue weighted by Crippen LogP contribution is 2.48. The molecule has 2 aromatic heterocycles. The van der Waals surface area contributed by atoms with Crippen molar-refractivity contribution in [3.8, 4) is 23.0 Å². The molecule has 71 heavy (non-hydrogen) atoms. The first-order chi connectivity index (χ1) is 34.5. The van der Waals surface area contributed by atoms with Crippen LogP contribution in [0.1, 0.15) is 66.9 Å². The van der Waals surface area contributed by atoms with E-state index in [9.17, 15) is 19.5 Å². The van der Waals surface area contributed by atoms with Crippen molar-refractivity contribution in [3.05, 3.63) is 77.2 Å². The number of halogens is 1. The van der Waals surface area contributed by atoms with Crippen molar-refractivity contribution in [1.82, 2.24) is 45.2 Å². The van der Waals surface area contributed by atoms with E-state index in [2.05, 4.69) is 48.1 Å². The first-order valence-electron chi connectivity index (χ1n) is 26.0. The summed E-state index contributed by atoms with van der Waals surface area (Å²) in [5.41, 5.74) is 4.71. The molecule has 13 rings (SSSR count). The van der Waals surface area contributed by atoms with Crippen LogP contribution in [-0.2, 0) is 22.6 Å². The summed E-state index contributed by atoms with van der Waals surface area (Å²) in [6, 6.07) is 16.2. The Hall–Kier alpha value is -6.01. The van der Waals surface area contributed by atoms with Crippen molar-refractivity contribution in [2.45, 2.75) is 82.6 Å². The molecule has 1 aliphatic carbocycles. The number of phenols is 1. The summed E-state index contributed by atoms with van der Waals surface area (Å²) < 4.78 is 23.7. The molecule has 1 saturated carbocycles. The number of pyridine rings is 1. The van der Waals surface area contributed by atoms with Gasteiger partial charge in [0.1, 0.15) is 28.8 Å². The Morgan fingerprint density at radius 3 is 2.44 bits per heavy atom. The standard InChI is InChI=1S/C54H62FN11O5/c1-2-33-4-3-5-34-19-40(67)20-42(46(33)34)48-47(55)49-43(21-56-48)50(65-26-36-6-7-37(27-65)57-36)60-53(59-49)71-31-54(12-13-54)30-62-23-32(24-62)22-61-28-39(29-61)64-16-14-63(15-17-64)38-8-9-41-35(18-38)25-66(52(41)70)44-10-11-45(68)58-51(44)69/h3-5,8-9,18-21,32,36-37,39,44,57,67H,2,6-7,10-17,22-31H2,1H3,(H,58,68,69)/t36?,37?,44-/m0/s1. The number of piperazine rings is 2. The van der Waals surface area contributed by atoms with Crippen LogP contribution >= 0.6 is 0 Å². The number of hydrogen-bond donors (Lipinski definition) is 3. The van der Waals surface area contributed by atoms with E-state index in [0.29, 0.717) is 65.9 Å². The minimum Gasteiger partial charge on any atom is -0.508 e. The molecule has 3 amide bonds. The van der Waals surface area contributed by atoms with Crippen molar-refractivity contribution in [1.29, 1.82) is 0 Å². The van der Waals surface area contributed by atoms with Gasteiger partial charge in [0.05, 0.1) is 12.0 Å². The molecular formula is C54H62FN11O5. The Balaban J connectivity index is 0.611. The Morgan fingerprint density at radius 1 is 0.873 bits per heavy atom. The molecule has 0 spiro atoms. The van der Waals surface area contributed by atoms with Gasteiger partial charge in [-0.15, -0.1) is 0 Å². The number of amides is 3. The molecule has 9 heterocycles. The molecule has 17 heteroatoms. The number of aryl methyl sites for hydroxylation is 1. The zero-order valence-corrected chi connectivity index (χ0v) is 40.4. The number of phenolic OH excluding ortho intramolecular Hbond substituents is 1. The second-order valence-electron chi connectivity index (χ2n) is 21.9. The highest BCUT2D eigenvalue weighted by Gasteiger charge is 2.48. The van der Waals surface area contributed by atoms with E-state index in [1.807, 2.05) is 30.3 Å². The van der Waals surface area contributed by atoms with Gasteiger partial charge in [-0.25, -0.2) is 4.39 Å². The lowest BCUT2D eigenvalue weighted by molar-refractivity contribution is -0.136. The van der Waals surface area contributed by atoms with Crippen molar-refractivity contribution in [2.24, 2.45) is 11.3 Å². The van der Waals surface area contributed by atoms with Gasteiger partial charge in [-0.1, -0.05) is 25.1 Å². The number of nitrogens with one attached hydrogen (secondary N) is 2. The summed E-state index contributed by atoms with van der Waals surface area (Å²) in [5, 5.41) is 19.2. The number of aromatic hydroxyl groups is 1. The number of rotatable bonds is 13. The van der Waals surface area contributed by atoms with Crippen molar-refractivity contribution < 1.29 is 28.6 Å². The van der Waals surface area contributed by atoms with Gasteiger partial charge < -0.3 is 34.8 Å². The Morgan fingerprint density at radius 2 is 1.68 bits per heavy atom. The Bertz CT molecular complexity index is 2960. The van der Waals surface area contributed by atoms with Crippen LogP contribution in [0, 0.1) is 17.2 Å². The van der Waals surface area contributed by atoms with Crippen LogP contribution in [0.2, 0.25) is 0 Å². The third-order valence-corrected chi connectivity index (χ3v) is 17.1. The maximum absolute atomic E-state index is 17.2. The Kier molecular flexibility index (Phi) is 11.2. The zero-order valence-electron chi connectivity index (χ0n) is 40.4. The van der Waals surface area contributed by atoms with Crippen LogP contribution in [0.3, 0.4) is 0 Å². The van der Waals surface area contributed by atoms with Crippen LogP contribution in [-0.4, -0.2) is 167 Å². The molecule has 7 fully saturated rings. The van der Waals surface area contributed by atoms with Crippen LogP contribution in [0.5, 0.6) is 11.8 Å². The zero-order chi connectivity index (χ0) is 48.1. The van der Waals surface area contributed by atoms with E-state index >= 15 is 4.39 Å². The third-order valence-electron chi connectivity index (χ3n) is 17.1. The molecule has 2 bridgehead atoms. The van der Waals surface area contributed by atoms with E-state index in [4.69, 9.17) is 19.7 Å². The number of piperidine rings is 1. The van der Waals surface area contributed by atoms with Gasteiger partial charge in [-0.3, -0.25) is 34.5 Å². The van der Waals surface area contributed by atoms with Gasteiger partial charge in [0.2, 0.25) is 11.8 Å². The lowest BCUT2D eigenvalue weighted by Gasteiger charge is -2.51. The number of aromatic nitrogens is 3. The molecule has 5 aromatic rings. The topological polar surface area (TPSA) is 163 Å². The molecule has 3 atom stereocenters. The smallest absolute Gasteiger partial charge is 0.319 e. The second-order valence-corrected chi connectivity index (χ2v) is 21.9. The van der Waals surface area contributed by atoms with Crippen molar-refractivity contribution in [3.63, 3.8) is 0 Å². The molecule has 2 unspecified atom stereocenters. The number of anilines is 2. The average molecular weight is 964 g/mol. The minimum atomic E-state index is -0.601. The van der Waals surface area contributed by atoms with Crippen LogP contribution in [0.15, 0.2) is 54.7 Å². The summed E-state index contributed by atoms with van der Waals surface area (Å²) in [7, 11) is 0. The predicted molar refractivity (Wildman–Crippen MR) is 267 cm³/mol. The number of hydrogen-bond acceptors (Lipinski definition) is 14. The van der Waals surface area contributed by atoms with E-state index in [0.717, 1.165) is 138 Å². The van der Waals surface area contributed by atoms with Gasteiger partial charge in [0, 0.05) is 138 Å². The monoisotopic (exact) mass is 963 g/mol. The average Bonchev–Trinajstić information content (AvgIpc) is 3.93. The molecule has 8 aliphatic rings. The highest BCUT2D eigenvalue weighted by molar-refractivity contribution is 6.06. The number of benzene rings is 3. The number of fused-ring (bicyclic) bond motifs is 5. The SMILES string of the molecule is CCc1cccc2cc(O)cc(-c3ncc4c(N5CC6CCC(C5)N6)nc(OCC5(CN6CC(CN7CC(N8CCN(c9ccc%10c(c9)CN([C@H]9CCC(=O)NC9=O)C%10=O)CC8)C7)C6)CC5)nc4c3F)c12. The maximum atomic E-state index is 17.2. The first-order valence-corrected chi connectivity index (χ1v) is 26.0. The fourth-order valence-electron chi connectivity index (χ4n) is 13.0. The molecular weight excluding hydrogens is 902 g/mol. The van der Waals surface area contributed by atoms with Crippen LogP contribution in [0.4, 0.5) is 15.9 Å². The summed E-state index contributed by atoms with van der Waals surface area (Å²) >= 11 is 0. The fraction of sp³-hybridized carbons (Fsp3) is 0.519. The number of ether oxygens (including phenoxy) is 1. The number of nitrogens with zero attached hydrogens (tertiary/aromatic N) is 9. The number of carbonyl (C=O) groups excluding carboxylic acids is 3. The molecule has 3 N–H and O–H groups in total. The van der Waals surface area contributed by atoms with Gasteiger partial charge in [0.25, 0.3) is 5.91 Å². The van der Waals surface area contributed by atoms with Crippen molar-refractivity contribution >= 4 is 50.9 Å². The van der Waals surface area contributed by atoms with Gasteiger partial charge in [0.15, 0.2) is 5.82 Å². The second kappa shape index (κ2) is 17.6. The number of carbonyl (C=O) groups is 3. The lowest BCUT2D eigenvalue weighted by Crippen LogP contribution is -2.65. The fourth-order valence-corrected chi connectivity index (χ4v) is 13.0. The molecule has 16 nitrogen and oxygen atoms in total. The predicted octanol–water partition coefficient (Wildman–Crippen LogP) is 4.55. The van der Waals surface area contributed by atoms with Gasteiger partial charge in [-0.2, -0.15) is 9.97 Å². The molecule has 0 radical (unpaired) electrons. The third kappa shape index (κ3) is 8.31. The Labute approximate surface area is 412 Å². The molecule has 3 aromatic carbocycles. The normalized spacial score (nSPS) is 25.0. The van der Waals surface area contributed by atoms with Crippen LogP contribution < -0.4 is 25.2 Å². The number of imide groups is 1. The minimum absolute atomic E-state index is 0.0357. The summed E-state index contributed by atoms with van der Waals surface area (Å²) in [5.74, 6) is 0.0595. The van der Waals surface area contributed by atoms with Gasteiger partial charge in [-0.05, 0) is 96.7 Å². The quantitative estimate of drug-likeness (QED) is 0.141. The maximum Gasteiger partial charge on any atom is 0.319 e. The first kappa shape index (κ1) is 44.9. The summed E-state index contributed by atoms with van der Waals surface area (Å²) in [6.07, 6.45) is 7.45. The van der Waals surface area contributed by atoms with E-state index in [1.165, 1.54) is 0 Å². The molecule has 6 saturated heterocycles. The van der Waals surface area contributed by atoms with E-state index in [1.54, 1.807) is 23.2 Å². The van der Waals surface area contributed by atoms with Crippen LogP contribution in [0.25, 0.3) is 32.9 Å². The molecule has 7 aliphatic heterocycles. The van der Waals surface area contributed by atoms with Crippen molar-refractivity contribution in [2.75, 3.05) is 94.9 Å². The summed E-state index contributed by atoms with van der Waals surface area (Å²) in [4.78, 5) is 66.1. The van der Waals surface area contributed by atoms with E-state index in [-0.39, 0.29) is 52.5 Å². The number of likely N-dealkylation sites (tertiary alicyclic amines) is 2.